The number of carbonyl (C=O) groups excluding carboxylic acids is 1. The average molecular weight is 253 g/mol. The SMILES string of the molecule is CN=C1NC(=O)C(=Cc2ccc([N+](=O)[O-])o2)S1. The van der Waals surface area contributed by atoms with Crippen molar-refractivity contribution in [2.75, 3.05) is 7.05 Å². The van der Waals surface area contributed by atoms with Gasteiger partial charge in [-0.2, -0.15) is 0 Å². The zero-order valence-electron chi connectivity index (χ0n) is 8.67. The highest BCUT2D eigenvalue weighted by atomic mass is 32.2. The van der Waals surface area contributed by atoms with E-state index in [0.717, 1.165) is 11.8 Å². The van der Waals surface area contributed by atoms with E-state index in [4.69, 9.17) is 4.42 Å². The average Bonchev–Trinajstić information content (AvgIpc) is 2.87. The topological polar surface area (TPSA) is 97.7 Å². The lowest BCUT2D eigenvalue weighted by Crippen LogP contribution is -2.19. The minimum Gasteiger partial charge on any atom is -0.401 e. The van der Waals surface area contributed by atoms with E-state index in [-0.39, 0.29) is 17.6 Å². The number of furan rings is 1. The van der Waals surface area contributed by atoms with Crippen LogP contribution >= 0.6 is 11.8 Å². The number of aliphatic imine (C=N–C) groups is 1. The largest absolute Gasteiger partial charge is 0.433 e. The summed E-state index contributed by atoms with van der Waals surface area (Å²) in [6.45, 7) is 0. The molecule has 17 heavy (non-hydrogen) atoms. The van der Waals surface area contributed by atoms with Gasteiger partial charge in [-0.3, -0.25) is 19.9 Å². The van der Waals surface area contributed by atoms with E-state index in [1.54, 1.807) is 7.05 Å². The monoisotopic (exact) mass is 253 g/mol. The smallest absolute Gasteiger partial charge is 0.401 e. The van der Waals surface area contributed by atoms with Crippen LogP contribution in [0.15, 0.2) is 26.4 Å². The molecule has 0 aromatic carbocycles. The number of nitrogens with one attached hydrogen (secondary N) is 1. The van der Waals surface area contributed by atoms with Gasteiger partial charge in [0, 0.05) is 13.1 Å². The van der Waals surface area contributed by atoms with Crippen LogP contribution in [0.25, 0.3) is 6.08 Å². The Morgan fingerprint density at radius 2 is 2.35 bits per heavy atom. The predicted molar refractivity (Wildman–Crippen MR) is 62.4 cm³/mol. The lowest BCUT2D eigenvalue weighted by molar-refractivity contribution is -0.402. The molecule has 0 bridgehead atoms. The Morgan fingerprint density at radius 3 is 2.88 bits per heavy atom. The molecule has 1 fully saturated rings. The highest BCUT2D eigenvalue weighted by molar-refractivity contribution is 8.18. The van der Waals surface area contributed by atoms with Crippen molar-refractivity contribution in [2.45, 2.75) is 0 Å². The van der Waals surface area contributed by atoms with Gasteiger partial charge in [0.2, 0.25) is 0 Å². The van der Waals surface area contributed by atoms with Gasteiger partial charge in [-0.15, -0.1) is 0 Å². The van der Waals surface area contributed by atoms with Crippen LogP contribution in [0.2, 0.25) is 0 Å². The molecule has 1 aliphatic rings. The summed E-state index contributed by atoms with van der Waals surface area (Å²) in [5.74, 6) is -0.397. The van der Waals surface area contributed by atoms with E-state index in [0.29, 0.717) is 10.1 Å². The second-order valence-corrected chi connectivity index (χ2v) is 4.06. The second kappa shape index (κ2) is 4.42. The minimum absolute atomic E-state index is 0.256. The fraction of sp³-hybridized carbons (Fsp3) is 0.111. The van der Waals surface area contributed by atoms with Crippen molar-refractivity contribution in [1.82, 2.24) is 5.32 Å². The predicted octanol–water partition coefficient (Wildman–Crippen LogP) is 1.38. The summed E-state index contributed by atoms with van der Waals surface area (Å²) in [4.78, 5) is 25.4. The van der Waals surface area contributed by atoms with Crippen LogP contribution in [0.4, 0.5) is 5.88 Å². The van der Waals surface area contributed by atoms with Gasteiger partial charge in [0.05, 0.1) is 11.0 Å². The Kier molecular flexibility index (Phi) is 2.96. The Morgan fingerprint density at radius 1 is 1.59 bits per heavy atom. The molecular weight excluding hydrogens is 246 g/mol. The van der Waals surface area contributed by atoms with Gasteiger partial charge in [-0.1, -0.05) is 0 Å². The molecule has 1 aromatic heterocycles. The van der Waals surface area contributed by atoms with Gasteiger partial charge in [-0.05, 0) is 17.8 Å². The molecule has 0 aliphatic carbocycles. The molecule has 2 heterocycles. The van der Waals surface area contributed by atoms with Crippen LogP contribution in [0.5, 0.6) is 0 Å². The van der Waals surface area contributed by atoms with Crippen LogP contribution in [0.3, 0.4) is 0 Å². The summed E-state index contributed by atoms with van der Waals surface area (Å²) in [5.41, 5.74) is 0. The number of hydrogen-bond donors (Lipinski definition) is 1. The number of hydrogen-bond acceptors (Lipinski definition) is 6. The normalized spacial score (nSPS) is 19.9. The van der Waals surface area contributed by atoms with Crippen molar-refractivity contribution in [3.8, 4) is 0 Å². The van der Waals surface area contributed by atoms with Crippen LogP contribution < -0.4 is 5.32 Å². The minimum atomic E-state index is -0.636. The highest BCUT2D eigenvalue weighted by Crippen LogP contribution is 2.27. The van der Waals surface area contributed by atoms with Gasteiger partial charge in [0.25, 0.3) is 5.91 Å². The number of thioether (sulfide) groups is 1. The molecule has 0 unspecified atom stereocenters. The molecule has 0 spiro atoms. The first-order chi connectivity index (χ1) is 8.10. The maximum atomic E-state index is 11.4. The van der Waals surface area contributed by atoms with E-state index < -0.39 is 4.92 Å². The molecule has 8 heteroatoms. The molecule has 7 nitrogen and oxygen atoms in total. The van der Waals surface area contributed by atoms with Crippen LogP contribution in [-0.4, -0.2) is 23.0 Å². The van der Waals surface area contributed by atoms with Gasteiger partial charge >= 0.3 is 5.88 Å². The van der Waals surface area contributed by atoms with Gasteiger partial charge in [0.15, 0.2) is 5.17 Å². The summed E-state index contributed by atoms with van der Waals surface area (Å²) in [5, 5.41) is 13.4. The van der Waals surface area contributed by atoms with Crippen LogP contribution in [0, 0.1) is 10.1 Å². The number of nitro groups is 1. The number of carbonyl (C=O) groups is 1. The third kappa shape index (κ3) is 2.36. The lowest BCUT2D eigenvalue weighted by atomic mass is 10.4. The summed E-state index contributed by atoms with van der Waals surface area (Å²) < 4.78 is 4.92. The summed E-state index contributed by atoms with van der Waals surface area (Å²) in [7, 11) is 1.56. The van der Waals surface area contributed by atoms with Crippen molar-refractivity contribution < 1.29 is 14.1 Å². The number of rotatable bonds is 2. The second-order valence-electron chi connectivity index (χ2n) is 3.03. The fourth-order valence-electron chi connectivity index (χ4n) is 1.18. The molecule has 1 N–H and O–H groups in total. The van der Waals surface area contributed by atoms with E-state index in [1.807, 2.05) is 0 Å². The van der Waals surface area contributed by atoms with Crippen molar-refractivity contribution in [3.05, 3.63) is 32.9 Å². The summed E-state index contributed by atoms with van der Waals surface area (Å²) in [6.07, 6.45) is 1.44. The number of nitrogens with zero attached hydrogens (tertiary/aromatic N) is 2. The van der Waals surface area contributed by atoms with E-state index in [9.17, 15) is 14.9 Å². The molecule has 88 valence electrons. The van der Waals surface area contributed by atoms with Crippen molar-refractivity contribution in [1.29, 1.82) is 0 Å². The molecule has 0 saturated carbocycles. The molecule has 1 amide bonds. The first-order valence-electron chi connectivity index (χ1n) is 4.52. The Bertz CT molecular complexity index is 546. The molecule has 1 saturated heterocycles. The third-order valence-electron chi connectivity index (χ3n) is 1.92. The number of amides is 1. The lowest BCUT2D eigenvalue weighted by Gasteiger charge is -1.88. The first-order valence-corrected chi connectivity index (χ1v) is 5.33. The zero-order chi connectivity index (χ0) is 12.4. The Labute approximate surface area is 99.7 Å². The van der Waals surface area contributed by atoms with Crippen molar-refractivity contribution in [3.63, 3.8) is 0 Å². The fourth-order valence-corrected chi connectivity index (χ4v) is 1.94. The van der Waals surface area contributed by atoms with Crippen molar-refractivity contribution >= 4 is 34.8 Å². The Hall–Kier alpha value is -2.09. The highest BCUT2D eigenvalue weighted by Gasteiger charge is 2.24. The van der Waals surface area contributed by atoms with Gasteiger partial charge in [0.1, 0.15) is 10.7 Å². The third-order valence-corrected chi connectivity index (χ3v) is 2.92. The molecule has 1 aromatic rings. The molecule has 2 rings (SSSR count). The van der Waals surface area contributed by atoms with E-state index in [1.165, 1.54) is 18.2 Å². The first kappa shape index (κ1) is 11.4. The van der Waals surface area contributed by atoms with Gasteiger partial charge in [-0.25, -0.2) is 0 Å². The van der Waals surface area contributed by atoms with Gasteiger partial charge < -0.3 is 9.73 Å². The van der Waals surface area contributed by atoms with Crippen LogP contribution in [0.1, 0.15) is 5.76 Å². The quantitative estimate of drug-likeness (QED) is 0.487. The summed E-state index contributed by atoms with van der Waals surface area (Å²) in [6, 6.07) is 2.67. The molecular formula is C9H7N3O4S. The molecule has 0 radical (unpaired) electrons. The van der Waals surface area contributed by atoms with Crippen molar-refractivity contribution in [2.24, 2.45) is 4.99 Å². The maximum absolute atomic E-state index is 11.4. The summed E-state index contributed by atoms with van der Waals surface area (Å²) >= 11 is 1.15. The van der Waals surface area contributed by atoms with Crippen LogP contribution in [-0.2, 0) is 4.79 Å². The zero-order valence-corrected chi connectivity index (χ0v) is 9.48. The van der Waals surface area contributed by atoms with E-state index >= 15 is 0 Å². The maximum Gasteiger partial charge on any atom is 0.433 e. The standard InChI is InChI=1S/C9H7N3O4S/c1-10-9-11-8(13)6(17-9)4-5-2-3-7(16-5)12(14)15/h2-4H,1H3,(H,10,11,13). The molecule has 0 atom stereocenters. The molecule has 1 aliphatic heterocycles. The number of amidine groups is 1. The Balaban J connectivity index is 2.24. The van der Waals surface area contributed by atoms with E-state index in [2.05, 4.69) is 10.3 Å².